The molecule has 0 radical (unpaired) electrons. The maximum Gasteiger partial charge on any atom is 0.190 e. The van der Waals surface area contributed by atoms with E-state index in [4.69, 9.17) is 4.74 Å². The Hall–Kier alpha value is -1.45. The summed E-state index contributed by atoms with van der Waals surface area (Å²) in [4.78, 5) is 11.0. The highest BCUT2D eigenvalue weighted by Crippen LogP contribution is 2.24. The Morgan fingerprint density at radius 3 is 2.24 bits per heavy atom. The average molecular weight is 242 g/mol. The van der Waals surface area contributed by atoms with Crippen LogP contribution in [-0.4, -0.2) is 12.4 Å². The first kappa shape index (κ1) is 13.6. The summed E-state index contributed by atoms with van der Waals surface area (Å²) in [5.74, 6) is -2.05. The smallest absolute Gasteiger partial charge is 0.190 e. The van der Waals surface area contributed by atoms with Gasteiger partial charge in [-0.05, 0) is 31.4 Å². The molecule has 94 valence electrons. The van der Waals surface area contributed by atoms with Crippen LogP contribution in [0.3, 0.4) is 0 Å². The van der Waals surface area contributed by atoms with E-state index in [-0.39, 0.29) is 18.0 Å². The predicted molar refractivity (Wildman–Crippen MR) is 61.3 cm³/mol. The van der Waals surface area contributed by atoms with Crippen molar-refractivity contribution in [2.75, 3.05) is 6.61 Å². The van der Waals surface area contributed by atoms with E-state index in [9.17, 15) is 13.6 Å². The van der Waals surface area contributed by atoms with Crippen LogP contribution in [0.15, 0.2) is 12.1 Å². The summed E-state index contributed by atoms with van der Waals surface area (Å²) < 4.78 is 32.0. The quantitative estimate of drug-likeness (QED) is 0.737. The maximum absolute atomic E-state index is 13.5. The molecule has 0 aliphatic carbocycles. The molecule has 1 aromatic carbocycles. The van der Waals surface area contributed by atoms with Crippen molar-refractivity contribution < 1.29 is 18.3 Å². The summed E-state index contributed by atoms with van der Waals surface area (Å²) in [5, 5.41) is 0. The lowest BCUT2D eigenvalue weighted by molar-refractivity contribution is 0.101. The lowest BCUT2D eigenvalue weighted by atomic mass is 10.1. The number of hydrogen-bond acceptors (Lipinski definition) is 2. The third kappa shape index (κ3) is 3.80. The number of Topliss-reactive ketones (excluding diaryl/α,β-unsaturated/α-hetero) is 1. The van der Waals surface area contributed by atoms with Crippen molar-refractivity contribution >= 4 is 5.78 Å². The second-order valence-corrected chi connectivity index (χ2v) is 4.36. The molecule has 0 aromatic heterocycles. The minimum atomic E-state index is -0.834. The minimum absolute atomic E-state index is 0.0104. The van der Waals surface area contributed by atoms with Gasteiger partial charge in [-0.25, -0.2) is 8.78 Å². The summed E-state index contributed by atoms with van der Waals surface area (Å²) in [7, 11) is 0. The minimum Gasteiger partial charge on any atom is -0.488 e. The highest BCUT2D eigenvalue weighted by molar-refractivity contribution is 5.94. The van der Waals surface area contributed by atoms with Gasteiger partial charge in [0.05, 0.1) is 6.61 Å². The van der Waals surface area contributed by atoms with Crippen molar-refractivity contribution in [1.29, 1.82) is 0 Å². The molecule has 17 heavy (non-hydrogen) atoms. The van der Waals surface area contributed by atoms with Gasteiger partial charge in [-0.3, -0.25) is 4.79 Å². The third-order valence-corrected chi connectivity index (χ3v) is 2.35. The number of carbonyl (C=O) groups is 1. The van der Waals surface area contributed by atoms with Crippen molar-refractivity contribution in [2.24, 2.45) is 5.92 Å². The van der Waals surface area contributed by atoms with Gasteiger partial charge in [-0.15, -0.1) is 0 Å². The number of halogens is 2. The molecule has 0 saturated heterocycles. The highest BCUT2D eigenvalue weighted by Gasteiger charge is 2.14. The average Bonchev–Trinajstić information content (AvgIpc) is 2.21. The van der Waals surface area contributed by atoms with Gasteiger partial charge in [0.15, 0.2) is 23.2 Å². The number of rotatable bonds is 5. The fourth-order valence-corrected chi connectivity index (χ4v) is 1.30. The van der Waals surface area contributed by atoms with E-state index in [1.54, 1.807) is 0 Å². The molecule has 1 aromatic rings. The Labute approximate surface area is 99.6 Å². The van der Waals surface area contributed by atoms with Crippen LogP contribution in [0.25, 0.3) is 0 Å². The number of hydrogen-bond donors (Lipinski definition) is 0. The van der Waals surface area contributed by atoms with E-state index < -0.39 is 17.4 Å². The molecule has 0 bridgehead atoms. The first-order chi connectivity index (χ1) is 7.91. The van der Waals surface area contributed by atoms with Crippen molar-refractivity contribution in [3.05, 3.63) is 29.3 Å². The lowest BCUT2D eigenvalue weighted by Gasteiger charge is -2.10. The monoisotopic (exact) mass is 242 g/mol. The summed E-state index contributed by atoms with van der Waals surface area (Å²) in [6.07, 6.45) is 0.716. The van der Waals surface area contributed by atoms with Crippen molar-refractivity contribution in [3.63, 3.8) is 0 Å². The number of ether oxygens (including phenoxy) is 1. The molecule has 4 heteroatoms. The third-order valence-electron chi connectivity index (χ3n) is 2.35. The van der Waals surface area contributed by atoms with Crippen LogP contribution < -0.4 is 4.74 Å². The molecular formula is C13H16F2O2. The van der Waals surface area contributed by atoms with E-state index in [1.165, 1.54) is 6.92 Å². The van der Waals surface area contributed by atoms with Gasteiger partial charge in [-0.2, -0.15) is 0 Å². The Bertz CT molecular complexity index is 391. The van der Waals surface area contributed by atoms with Gasteiger partial charge >= 0.3 is 0 Å². The molecule has 0 N–H and O–H groups in total. The zero-order valence-corrected chi connectivity index (χ0v) is 10.2. The highest BCUT2D eigenvalue weighted by atomic mass is 19.1. The summed E-state index contributed by atoms with van der Waals surface area (Å²) in [6, 6.07) is 1.99. The van der Waals surface area contributed by atoms with Crippen molar-refractivity contribution in [1.82, 2.24) is 0 Å². The van der Waals surface area contributed by atoms with E-state index in [0.29, 0.717) is 12.3 Å². The van der Waals surface area contributed by atoms with Gasteiger partial charge < -0.3 is 4.74 Å². The number of ketones is 1. The number of carbonyl (C=O) groups excluding carboxylic acids is 1. The largest absolute Gasteiger partial charge is 0.488 e. The first-order valence-corrected chi connectivity index (χ1v) is 5.54. The second kappa shape index (κ2) is 5.75. The van der Waals surface area contributed by atoms with Crippen LogP contribution in [0.1, 0.15) is 37.6 Å². The second-order valence-electron chi connectivity index (χ2n) is 4.36. The summed E-state index contributed by atoms with van der Waals surface area (Å²) >= 11 is 0. The lowest BCUT2D eigenvalue weighted by Crippen LogP contribution is -2.06. The van der Waals surface area contributed by atoms with Crippen LogP contribution >= 0.6 is 0 Å². The zero-order chi connectivity index (χ0) is 13.0. The molecule has 0 aliphatic rings. The van der Waals surface area contributed by atoms with Gasteiger partial charge in [0, 0.05) is 5.56 Å². The van der Waals surface area contributed by atoms with Crippen LogP contribution in [0.2, 0.25) is 0 Å². The number of benzene rings is 1. The molecule has 0 atom stereocenters. The molecule has 2 nitrogen and oxygen atoms in total. The van der Waals surface area contributed by atoms with E-state index in [0.717, 1.165) is 12.1 Å². The van der Waals surface area contributed by atoms with E-state index in [2.05, 4.69) is 0 Å². The fraction of sp³-hybridized carbons (Fsp3) is 0.462. The molecule has 0 saturated carbocycles. The molecule has 0 amide bonds. The molecule has 0 fully saturated rings. The molecule has 1 rings (SSSR count). The fourth-order valence-electron chi connectivity index (χ4n) is 1.30. The van der Waals surface area contributed by atoms with Crippen molar-refractivity contribution in [3.8, 4) is 5.75 Å². The zero-order valence-electron chi connectivity index (χ0n) is 10.2. The molecule has 0 spiro atoms. The summed E-state index contributed by atoms with van der Waals surface area (Å²) in [6.45, 7) is 5.50. The van der Waals surface area contributed by atoms with Crippen LogP contribution in [-0.2, 0) is 0 Å². The maximum atomic E-state index is 13.5. The van der Waals surface area contributed by atoms with Gasteiger partial charge in [0.2, 0.25) is 0 Å². The predicted octanol–water partition coefficient (Wildman–Crippen LogP) is 3.59. The standard InChI is InChI=1S/C13H16F2O2/c1-8(2)4-5-17-13-11(14)6-10(9(3)16)7-12(13)15/h6-8H,4-5H2,1-3H3. The SMILES string of the molecule is CC(=O)c1cc(F)c(OCCC(C)C)c(F)c1. The van der Waals surface area contributed by atoms with Crippen LogP contribution in [0.5, 0.6) is 5.75 Å². The normalized spacial score (nSPS) is 10.7. The first-order valence-electron chi connectivity index (χ1n) is 5.54. The van der Waals surface area contributed by atoms with Crippen LogP contribution in [0, 0.1) is 17.6 Å². The van der Waals surface area contributed by atoms with Gasteiger partial charge in [0.1, 0.15) is 0 Å². The molecule has 0 aliphatic heterocycles. The van der Waals surface area contributed by atoms with E-state index in [1.807, 2.05) is 13.8 Å². The van der Waals surface area contributed by atoms with E-state index >= 15 is 0 Å². The molecule has 0 heterocycles. The Morgan fingerprint density at radius 2 is 1.82 bits per heavy atom. The summed E-state index contributed by atoms with van der Waals surface area (Å²) in [5.41, 5.74) is 0.0104. The Kier molecular flexibility index (Phi) is 4.61. The Balaban J connectivity index is 2.83. The van der Waals surface area contributed by atoms with Gasteiger partial charge in [0.25, 0.3) is 0 Å². The van der Waals surface area contributed by atoms with Crippen LogP contribution in [0.4, 0.5) is 8.78 Å². The molecular weight excluding hydrogens is 226 g/mol. The van der Waals surface area contributed by atoms with Crippen molar-refractivity contribution in [2.45, 2.75) is 27.2 Å². The molecule has 0 unspecified atom stereocenters. The topological polar surface area (TPSA) is 26.3 Å². The van der Waals surface area contributed by atoms with Gasteiger partial charge in [-0.1, -0.05) is 13.8 Å². The Morgan fingerprint density at radius 1 is 1.29 bits per heavy atom.